The van der Waals surface area contributed by atoms with E-state index in [-0.39, 0.29) is 11.8 Å². The number of nitrogens with one attached hydrogen (secondary N) is 1. The Morgan fingerprint density at radius 2 is 1.64 bits per heavy atom. The first-order valence-corrected chi connectivity index (χ1v) is 11.5. The summed E-state index contributed by atoms with van der Waals surface area (Å²) in [4.78, 5) is 36.2. The fourth-order valence-electron chi connectivity index (χ4n) is 4.59. The second kappa shape index (κ2) is 10.4. The first-order chi connectivity index (χ1) is 16.1. The molecule has 0 radical (unpaired) electrons. The van der Waals surface area contributed by atoms with E-state index in [2.05, 4.69) is 33.5 Å². The van der Waals surface area contributed by atoms with Gasteiger partial charge in [-0.3, -0.25) is 19.6 Å². The molecule has 2 amide bonds. The largest absolute Gasteiger partial charge is 0.356 e. The molecule has 1 N–H and O–H groups in total. The van der Waals surface area contributed by atoms with Crippen LogP contribution >= 0.6 is 0 Å². The van der Waals surface area contributed by atoms with Crippen molar-refractivity contribution in [2.24, 2.45) is 5.41 Å². The van der Waals surface area contributed by atoms with Gasteiger partial charge in [0.1, 0.15) is 0 Å². The van der Waals surface area contributed by atoms with Crippen molar-refractivity contribution in [2.75, 3.05) is 19.6 Å². The Bertz CT molecular complexity index is 1080. The summed E-state index contributed by atoms with van der Waals surface area (Å²) in [5, 5.41) is 3.05. The molecule has 2 aromatic heterocycles. The van der Waals surface area contributed by atoms with Crippen molar-refractivity contribution in [3.05, 3.63) is 84.4 Å². The SMILES string of the molecule is CCNC(=O)C1(Cc2cccc(-c3cccnc3)c2)CCN(C(=O)Cc2cccnc2)CC1. The average Bonchev–Trinajstić information content (AvgIpc) is 2.86. The number of piperidine rings is 1. The molecule has 4 rings (SSSR count). The minimum atomic E-state index is -0.519. The van der Waals surface area contributed by atoms with E-state index in [0.717, 1.165) is 22.3 Å². The number of likely N-dealkylation sites (tertiary alicyclic amines) is 1. The van der Waals surface area contributed by atoms with Crippen molar-refractivity contribution in [3.63, 3.8) is 0 Å². The van der Waals surface area contributed by atoms with Gasteiger partial charge in [0.2, 0.25) is 11.8 Å². The van der Waals surface area contributed by atoms with Crippen LogP contribution in [0.4, 0.5) is 0 Å². The molecule has 1 aromatic carbocycles. The molecule has 1 saturated heterocycles. The van der Waals surface area contributed by atoms with Crippen molar-refractivity contribution in [2.45, 2.75) is 32.6 Å². The molecule has 0 bridgehead atoms. The van der Waals surface area contributed by atoms with Gasteiger partial charge in [0.25, 0.3) is 0 Å². The quantitative estimate of drug-likeness (QED) is 0.606. The van der Waals surface area contributed by atoms with Gasteiger partial charge >= 0.3 is 0 Å². The minimum absolute atomic E-state index is 0.0798. The van der Waals surface area contributed by atoms with Gasteiger partial charge < -0.3 is 10.2 Å². The summed E-state index contributed by atoms with van der Waals surface area (Å²) in [7, 11) is 0. The van der Waals surface area contributed by atoms with Crippen LogP contribution in [-0.4, -0.2) is 46.3 Å². The molecule has 0 saturated carbocycles. The Hall–Kier alpha value is -3.54. The summed E-state index contributed by atoms with van der Waals surface area (Å²) in [6.07, 6.45) is 9.34. The lowest BCUT2D eigenvalue weighted by Gasteiger charge is -2.41. The van der Waals surface area contributed by atoms with Crippen LogP contribution < -0.4 is 5.32 Å². The zero-order chi connectivity index (χ0) is 23.1. The van der Waals surface area contributed by atoms with Crippen LogP contribution in [0.15, 0.2) is 73.3 Å². The second-order valence-electron chi connectivity index (χ2n) is 8.68. The molecule has 0 atom stereocenters. The van der Waals surface area contributed by atoms with Gasteiger partial charge in [-0.05, 0) is 60.6 Å². The summed E-state index contributed by atoms with van der Waals surface area (Å²) in [6, 6.07) is 16.1. The summed E-state index contributed by atoms with van der Waals surface area (Å²) in [5.74, 6) is 0.169. The van der Waals surface area contributed by atoms with E-state index in [0.29, 0.717) is 45.3 Å². The molecule has 0 spiro atoms. The van der Waals surface area contributed by atoms with Crippen LogP contribution in [0.2, 0.25) is 0 Å². The maximum Gasteiger partial charge on any atom is 0.227 e. The zero-order valence-corrected chi connectivity index (χ0v) is 19.0. The standard InChI is InChI=1S/C27H30N4O2/c1-2-30-26(33)27(18-21-6-3-8-23(16-21)24-9-5-13-29-20-24)10-14-31(15-11-27)25(32)17-22-7-4-12-28-19-22/h3-9,12-13,16,19-20H,2,10-11,14-15,17-18H2,1H3,(H,30,33). The minimum Gasteiger partial charge on any atom is -0.356 e. The van der Waals surface area contributed by atoms with E-state index in [1.165, 1.54) is 0 Å². The Morgan fingerprint density at radius 1 is 0.939 bits per heavy atom. The third-order valence-corrected chi connectivity index (χ3v) is 6.43. The summed E-state index contributed by atoms with van der Waals surface area (Å²) in [5.41, 5.74) is 3.67. The van der Waals surface area contributed by atoms with E-state index in [1.807, 2.05) is 48.4 Å². The summed E-state index contributed by atoms with van der Waals surface area (Å²) < 4.78 is 0. The normalized spacial score (nSPS) is 15.1. The van der Waals surface area contributed by atoms with Gasteiger partial charge in [-0.2, -0.15) is 0 Å². The Labute approximate surface area is 195 Å². The number of benzene rings is 1. The van der Waals surface area contributed by atoms with Crippen molar-refractivity contribution >= 4 is 11.8 Å². The Balaban J connectivity index is 1.49. The topological polar surface area (TPSA) is 75.2 Å². The lowest BCUT2D eigenvalue weighted by atomic mass is 9.72. The number of nitrogens with zero attached hydrogens (tertiary/aromatic N) is 3. The smallest absolute Gasteiger partial charge is 0.227 e. The van der Waals surface area contributed by atoms with Crippen molar-refractivity contribution in [3.8, 4) is 11.1 Å². The van der Waals surface area contributed by atoms with Gasteiger partial charge in [-0.15, -0.1) is 0 Å². The fraction of sp³-hybridized carbons (Fsp3) is 0.333. The Morgan fingerprint density at radius 3 is 2.30 bits per heavy atom. The highest BCUT2D eigenvalue weighted by Gasteiger charge is 2.42. The molecule has 6 heteroatoms. The Kier molecular flexibility index (Phi) is 7.13. The molecule has 0 aliphatic carbocycles. The van der Waals surface area contributed by atoms with Gasteiger partial charge in [0, 0.05) is 44.4 Å². The first kappa shape index (κ1) is 22.6. The number of amides is 2. The van der Waals surface area contributed by atoms with Crippen LogP contribution in [-0.2, 0) is 22.4 Å². The second-order valence-corrected chi connectivity index (χ2v) is 8.68. The van der Waals surface area contributed by atoms with Gasteiger partial charge in [0.15, 0.2) is 0 Å². The molecule has 1 aliphatic heterocycles. The van der Waals surface area contributed by atoms with Crippen LogP contribution in [0.3, 0.4) is 0 Å². The van der Waals surface area contributed by atoms with E-state index in [1.54, 1.807) is 18.6 Å². The highest BCUT2D eigenvalue weighted by molar-refractivity contribution is 5.84. The predicted molar refractivity (Wildman–Crippen MR) is 128 cm³/mol. The van der Waals surface area contributed by atoms with Crippen LogP contribution in [0.25, 0.3) is 11.1 Å². The molecular formula is C27H30N4O2. The molecular weight excluding hydrogens is 412 g/mol. The summed E-state index contributed by atoms with van der Waals surface area (Å²) >= 11 is 0. The van der Waals surface area contributed by atoms with E-state index < -0.39 is 5.41 Å². The fourth-order valence-corrected chi connectivity index (χ4v) is 4.59. The lowest BCUT2D eigenvalue weighted by Crippen LogP contribution is -2.51. The number of aromatic nitrogens is 2. The van der Waals surface area contributed by atoms with Crippen molar-refractivity contribution < 1.29 is 9.59 Å². The third kappa shape index (κ3) is 5.45. The van der Waals surface area contributed by atoms with Gasteiger partial charge in [-0.25, -0.2) is 0 Å². The number of hydrogen-bond acceptors (Lipinski definition) is 4. The molecule has 1 aliphatic rings. The highest BCUT2D eigenvalue weighted by Crippen LogP contribution is 2.36. The van der Waals surface area contributed by atoms with Crippen LogP contribution in [0, 0.1) is 5.41 Å². The first-order valence-electron chi connectivity index (χ1n) is 11.5. The molecule has 3 aromatic rings. The number of carbonyl (C=O) groups is 2. The number of carbonyl (C=O) groups excluding carboxylic acids is 2. The predicted octanol–water partition coefficient (Wildman–Crippen LogP) is 3.67. The highest BCUT2D eigenvalue weighted by atomic mass is 16.2. The van der Waals surface area contributed by atoms with Gasteiger partial charge in [-0.1, -0.05) is 36.4 Å². The summed E-state index contributed by atoms with van der Waals surface area (Å²) in [6.45, 7) is 3.71. The molecule has 33 heavy (non-hydrogen) atoms. The maximum atomic E-state index is 13.2. The van der Waals surface area contributed by atoms with E-state index >= 15 is 0 Å². The van der Waals surface area contributed by atoms with Crippen molar-refractivity contribution in [1.29, 1.82) is 0 Å². The van der Waals surface area contributed by atoms with Crippen LogP contribution in [0.1, 0.15) is 30.9 Å². The molecule has 3 heterocycles. The van der Waals surface area contributed by atoms with Crippen LogP contribution in [0.5, 0.6) is 0 Å². The molecule has 1 fully saturated rings. The third-order valence-electron chi connectivity index (χ3n) is 6.43. The lowest BCUT2D eigenvalue weighted by molar-refractivity contribution is -0.140. The van der Waals surface area contributed by atoms with Gasteiger partial charge in [0.05, 0.1) is 11.8 Å². The molecule has 170 valence electrons. The van der Waals surface area contributed by atoms with E-state index in [9.17, 15) is 9.59 Å². The molecule has 6 nitrogen and oxygen atoms in total. The van der Waals surface area contributed by atoms with Crippen molar-refractivity contribution in [1.82, 2.24) is 20.2 Å². The maximum absolute atomic E-state index is 13.2. The number of hydrogen-bond donors (Lipinski definition) is 1. The monoisotopic (exact) mass is 442 g/mol. The zero-order valence-electron chi connectivity index (χ0n) is 19.0. The molecule has 0 unspecified atom stereocenters. The van der Waals surface area contributed by atoms with E-state index in [4.69, 9.17) is 0 Å². The number of rotatable bonds is 7. The average molecular weight is 443 g/mol. The number of pyridine rings is 2.